The van der Waals surface area contributed by atoms with Crippen molar-refractivity contribution in [2.45, 2.75) is 12.8 Å². The summed E-state index contributed by atoms with van der Waals surface area (Å²) in [5.41, 5.74) is 1.86. The summed E-state index contributed by atoms with van der Waals surface area (Å²) in [6.07, 6.45) is 1.81. The highest BCUT2D eigenvalue weighted by Crippen LogP contribution is 2.19. The zero-order valence-electron chi connectivity index (χ0n) is 7.99. The van der Waals surface area contributed by atoms with Crippen LogP contribution in [0.2, 0.25) is 0 Å². The van der Waals surface area contributed by atoms with Gasteiger partial charge < -0.3 is 0 Å². The van der Waals surface area contributed by atoms with Crippen LogP contribution in [0.3, 0.4) is 0 Å². The summed E-state index contributed by atoms with van der Waals surface area (Å²) in [5, 5.41) is 17.5. The summed E-state index contributed by atoms with van der Waals surface area (Å²) >= 11 is 0. The van der Waals surface area contributed by atoms with Crippen LogP contribution in [0.4, 0.5) is 0 Å². The zero-order valence-corrected chi connectivity index (χ0v) is 7.99. The Morgan fingerprint density at radius 1 is 1.29 bits per heavy atom. The highest BCUT2D eigenvalue weighted by molar-refractivity contribution is 5.48. The molecule has 1 rings (SSSR count). The molecule has 1 unspecified atom stereocenters. The van der Waals surface area contributed by atoms with Crippen molar-refractivity contribution < 1.29 is 0 Å². The lowest BCUT2D eigenvalue weighted by Crippen LogP contribution is -1.92. The lowest BCUT2D eigenvalue weighted by molar-refractivity contribution is 0.969. The Morgan fingerprint density at radius 3 is 2.43 bits per heavy atom. The number of rotatable bonds is 2. The Morgan fingerprint density at radius 2 is 1.93 bits per heavy atom. The first-order valence-corrected chi connectivity index (χ1v) is 4.29. The molecule has 0 radical (unpaired) electrons. The third-order valence-corrected chi connectivity index (χ3v) is 2.16. The molecule has 0 aliphatic rings. The third-order valence-electron chi connectivity index (χ3n) is 2.16. The molecule has 14 heavy (non-hydrogen) atoms. The fourth-order valence-corrected chi connectivity index (χ4v) is 1.17. The van der Waals surface area contributed by atoms with Crippen LogP contribution >= 0.6 is 0 Å². The van der Waals surface area contributed by atoms with Gasteiger partial charge in [0.2, 0.25) is 0 Å². The van der Waals surface area contributed by atoms with Gasteiger partial charge in [0.1, 0.15) is 12.1 Å². The minimum absolute atomic E-state index is 0.204. The molecule has 0 saturated carbocycles. The fraction of sp³-hybridized carbons (Fsp3) is 0.167. The first-order chi connectivity index (χ1) is 6.72. The van der Waals surface area contributed by atoms with E-state index in [0.717, 1.165) is 5.56 Å². The van der Waals surface area contributed by atoms with Crippen LogP contribution in [-0.4, -0.2) is 0 Å². The molecule has 0 saturated heterocycles. The van der Waals surface area contributed by atoms with Crippen molar-refractivity contribution in [2.24, 2.45) is 0 Å². The lowest BCUT2D eigenvalue weighted by atomic mass is 9.97. The van der Waals surface area contributed by atoms with Crippen molar-refractivity contribution in [3.63, 3.8) is 0 Å². The normalized spacial score (nSPS) is 11.1. The topological polar surface area (TPSA) is 47.6 Å². The molecule has 0 amide bonds. The van der Waals surface area contributed by atoms with E-state index >= 15 is 0 Å². The van der Waals surface area contributed by atoms with E-state index in [4.69, 9.17) is 10.5 Å². The predicted molar refractivity (Wildman–Crippen MR) is 54.5 cm³/mol. The average molecular weight is 182 g/mol. The minimum Gasteiger partial charge on any atom is -0.192 e. The van der Waals surface area contributed by atoms with Gasteiger partial charge in [0, 0.05) is 0 Å². The summed E-state index contributed by atoms with van der Waals surface area (Å²) in [4.78, 5) is 0. The summed E-state index contributed by atoms with van der Waals surface area (Å²) < 4.78 is 0. The van der Waals surface area contributed by atoms with Gasteiger partial charge in [-0.15, -0.1) is 6.58 Å². The molecule has 2 nitrogen and oxygen atoms in total. The molecule has 0 spiro atoms. The van der Waals surface area contributed by atoms with Crippen LogP contribution in [0.5, 0.6) is 0 Å². The molecule has 1 atom stereocenters. The smallest absolute Gasteiger partial charge is 0.101 e. The van der Waals surface area contributed by atoms with Crippen molar-refractivity contribution in [1.82, 2.24) is 0 Å². The van der Waals surface area contributed by atoms with Crippen LogP contribution < -0.4 is 0 Å². The van der Waals surface area contributed by atoms with Gasteiger partial charge in [-0.1, -0.05) is 19.1 Å². The molecule has 0 fully saturated rings. The highest BCUT2D eigenvalue weighted by atomic mass is 14.3. The molecule has 0 heterocycles. The molecule has 0 bridgehead atoms. The fourth-order valence-electron chi connectivity index (χ4n) is 1.17. The average Bonchev–Trinajstić information content (AvgIpc) is 2.26. The maximum absolute atomic E-state index is 8.80. The standard InChI is InChI=1S/C12H10N2/c1-3-9(2)10-4-5-11(7-13)12(6-10)8-14/h3-6,9H,1H2,2H3. The van der Waals surface area contributed by atoms with E-state index in [0.29, 0.717) is 11.1 Å². The van der Waals surface area contributed by atoms with E-state index in [1.807, 2.05) is 31.2 Å². The number of allylic oxidation sites excluding steroid dienone is 1. The summed E-state index contributed by atoms with van der Waals surface area (Å²) in [7, 11) is 0. The van der Waals surface area contributed by atoms with E-state index < -0.39 is 0 Å². The minimum atomic E-state index is 0.204. The van der Waals surface area contributed by atoms with Gasteiger partial charge in [0.15, 0.2) is 0 Å². The number of hydrogen-bond donors (Lipinski definition) is 0. The molecule has 0 aromatic heterocycles. The number of nitrogens with zero attached hydrogens (tertiary/aromatic N) is 2. The quantitative estimate of drug-likeness (QED) is 0.660. The Kier molecular flexibility index (Phi) is 3.05. The molecule has 0 aliphatic carbocycles. The Bertz CT molecular complexity index is 433. The maximum atomic E-state index is 8.80. The van der Waals surface area contributed by atoms with Gasteiger partial charge in [-0.2, -0.15) is 10.5 Å². The molecular weight excluding hydrogens is 172 g/mol. The van der Waals surface area contributed by atoms with E-state index in [-0.39, 0.29) is 5.92 Å². The van der Waals surface area contributed by atoms with Crippen LogP contribution in [0, 0.1) is 22.7 Å². The number of hydrogen-bond acceptors (Lipinski definition) is 2. The molecular formula is C12H10N2. The van der Waals surface area contributed by atoms with Gasteiger partial charge in [-0.3, -0.25) is 0 Å². The molecule has 2 heteroatoms. The van der Waals surface area contributed by atoms with Crippen molar-refractivity contribution in [2.75, 3.05) is 0 Å². The number of nitriles is 2. The Labute approximate surface area is 83.7 Å². The van der Waals surface area contributed by atoms with Crippen LogP contribution in [0.15, 0.2) is 30.9 Å². The van der Waals surface area contributed by atoms with E-state index in [1.165, 1.54) is 0 Å². The monoisotopic (exact) mass is 182 g/mol. The Balaban J connectivity index is 3.24. The predicted octanol–water partition coefficient (Wildman–Crippen LogP) is 2.72. The largest absolute Gasteiger partial charge is 0.192 e. The third kappa shape index (κ3) is 1.81. The maximum Gasteiger partial charge on any atom is 0.101 e. The second-order valence-corrected chi connectivity index (χ2v) is 3.05. The van der Waals surface area contributed by atoms with E-state index in [1.54, 1.807) is 12.1 Å². The summed E-state index contributed by atoms with van der Waals surface area (Å²) in [5.74, 6) is 0.204. The molecule has 1 aromatic carbocycles. The summed E-state index contributed by atoms with van der Waals surface area (Å²) in [6.45, 7) is 5.68. The molecule has 0 aliphatic heterocycles. The second kappa shape index (κ2) is 4.25. The van der Waals surface area contributed by atoms with Crippen molar-refractivity contribution in [3.8, 4) is 12.1 Å². The van der Waals surface area contributed by atoms with Crippen molar-refractivity contribution in [1.29, 1.82) is 10.5 Å². The first kappa shape index (κ1) is 10.0. The zero-order chi connectivity index (χ0) is 10.6. The van der Waals surface area contributed by atoms with E-state index in [2.05, 4.69) is 6.58 Å². The Hall–Kier alpha value is -2.06. The highest BCUT2D eigenvalue weighted by Gasteiger charge is 2.05. The van der Waals surface area contributed by atoms with Crippen LogP contribution in [-0.2, 0) is 0 Å². The SMILES string of the molecule is C=CC(C)c1ccc(C#N)c(C#N)c1. The van der Waals surface area contributed by atoms with E-state index in [9.17, 15) is 0 Å². The second-order valence-electron chi connectivity index (χ2n) is 3.05. The number of benzene rings is 1. The van der Waals surface area contributed by atoms with Gasteiger partial charge in [0.05, 0.1) is 11.1 Å². The van der Waals surface area contributed by atoms with Crippen molar-refractivity contribution >= 4 is 0 Å². The summed E-state index contributed by atoms with van der Waals surface area (Å²) in [6, 6.07) is 9.26. The molecule has 0 N–H and O–H groups in total. The van der Waals surface area contributed by atoms with Crippen LogP contribution in [0.25, 0.3) is 0 Å². The lowest BCUT2D eigenvalue weighted by Gasteiger charge is -2.06. The molecule has 68 valence electrons. The van der Waals surface area contributed by atoms with Gasteiger partial charge in [0.25, 0.3) is 0 Å². The van der Waals surface area contributed by atoms with Crippen molar-refractivity contribution in [3.05, 3.63) is 47.5 Å². The first-order valence-electron chi connectivity index (χ1n) is 4.29. The van der Waals surface area contributed by atoms with Gasteiger partial charge >= 0.3 is 0 Å². The van der Waals surface area contributed by atoms with Gasteiger partial charge in [-0.05, 0) is 23.6 Å². The van der Waals surface area contributed by atoms with Crippen LogP contribution in [0.1, 0.15) is 29.5 Å². The van der Waals surface area contributed by atoms with Gasteiger partial charge in [-0.25, -0.2) is 0 Å². The molecule has 1 aromatic rings.